The average Bonchev–Trinajstić information content (AvgIpc) is 3.16. The fourth-order valence-electron chi connectivity index (χ4n) is 3.00. The monoisotopic (exact) mass is 460 g/mol. The van der Waals surface area contributed by atoms with Gasteiger partial charge < -0.3 is 20.3 Å². The topological polar surface area (TPSA) is 145 Å². The van der Waals surface area contributed by atoms with E-state index < -0.39 is 28.0 Å². The third kappa shape index (κ3) is 4.05. The maximum Gasteiger partial charge on any atom is 0.348 e. The summed E-state index contributed by atoms with van der Waals surface area (Å²) in [7, 11) is -4.02. The number of hydrogen-bond donors (Lipinski definition) is 3. The van der Waals surface area contributed by atoms with E-state index in [4.69, 9.17) is 15.2 Å². The van der Waals surface area contributed by atoms with E-state index in [1.54, 1.807) is 41.8 Å². The van der Waals surface area contributed by atoms with Gasteiger partial charge in [0.15, 0.2) is 11.5 Å². The molecule has 0 saturated carbocycles. The second-order valence-electron chi connectivity index (χ2n) is 6.56. The lowest BCUT2D eigenvalue weighted by Crippen LogP contribution is -2.40. The Labute approximate surface area is 181 Å². The van der Waals surface area contributed by atoms with E-state index in [0.29, 0.717) is 22.6 Å². The van der Waals surface area contributed by atoms with Crippen LogP contribution in [0.2, 0.25) is 0 Å². The molecule has 1 atom stereocenters. The van der Waals surface area contributed by atoms with Crippen LogP contribution in [0.25, 0.3) is 11.1 Å². The van der Waals surface area contributed by atoms with Gasteiger partial charge in [-0.05, 0) is 29.8 Å². The zero-order chi connectivity index (χ0) is 22.2. The summed E-state index contributed by atoms with van der Waals surface area (Å²) in [6.45, 7) is -0.0662. The molecule has 2 aromatic carbocycles. The number of carbonyl (C=O) groups is 2. The number of sulfonamides is 1. The fraction of sp³-hybridized carbons (Fsp3) is 0.100. The van der Waals surface area contributed by atoms with Crippen LogP contribution in [-0.4, -0.2) is 38.1 Å². The van der Waals surface area contributed by atoms with E-state index in [9.17, 15) is 23.1 Å². The number of aromatic carboxylic acids is 1. The molecule has 0 aliphatic carbocycles. The second-order valence-corrected chi connectivity index (χ2v) is 9.12. The highest BCUT2D eigenvalue weighted by Crippen LogP contribution is 2.42. The van der Waals surface area contributed by atoms with Crippen molar-refractivity contribution in [1.29, 1.82) is 0 Å². The molecule has 1 aromatic heterocycles. The second kappa shape index (κ2) is 7.93. The summed E-state index contributed by atoms with van der Waals surface area (Å²) in [6, 6.07) is 12.4. The van der Waals surface area contributed by atoms with E-state index in [1.807, 2.05) is 0 Å². The number of hydrogen-bond acceptors (Lipinski definition) is 7. The molecule has 1 unspecified atom stereocenters. The molecule has 1 aliphatic heterocycles. The van der Waals surface area contributed by atoms with Crippen molar-refractivity contribution >= 4 is 38.9 Å². The number of carboxylic acids is 1. The van der Waals surface area contributed by atoms with Gasteiger partial charge in [0, 0.05) is 10.9 Å². The van der Waals surface area contributed by atoms with Crippen molar-refractivity contribution in [2.45, 2.75) is 11.0 Å². The Morgan fingerprint density at radius 3 is 2.55 bits per heavy atom. The van der Waals surface area contributed by atoms with Crippen LogP contribution >= 0.6 is 11.3 Å². The van der Waals surface area contributed by atoms with Crippen molar-refractivity contribution in [3.05, 3.63) is 58.8 Å². The van der Waals surface area contributed by atoms with E-state index in [2.05, 4.69) is 4.72 Å². The minimum Gasteiger partial charge on any atom is -0.485 e. The summed E-state index contributed by atoms with van der Waals surface area (Å²) >= 11 is 0.897. The number of ether oxygens (including phenoxy) is 2. The molecule has 9 nitrogen and oxygen atoms in total. The van der Waals surface area contributed by atoms with Crippen molar-refractivity contribution in [3.8, 4) is 22.6 Å². The Bertz CT molecular complexity index is 1270. The molecule has 0 spiro atoms. The Morgan fingerprint density at radius 1 is 1.13 bits per heavy atom. The first-order valence-electron chi connectivity index (χ1n) is 8.92. The zero-order valence-corrected chi connectivity index (χ0v) is 17.4. The van der Waals surface area contributed by atoms with Crippen LogP contribution in [0.15, 0.2) is 58.8 Å². The van der Waals surface area contributed by atoms with Crippen LogP contribution in [0.5, 0.6) is 11.5 Å². The van der Waals surface area contributed by atoms with Gasteiger partial charge in [-0.25, -0.2) is 13.2 Å². The minimum atomic E-state index is -4.02. The van der Waals surface area contributed by atoms with E-state index in [-0.39, 0.29) is 22.1 Å². The first-order valence-corrected chi connectivity index (χ1v) is 11.3. The summed E-state index contributed by atoms with van der Waals surface area (Å²) in [5.41, 5.74) is 6.07. The molecule has 0 radical (unpaired) electrons. The van der Waals surface area contributed by atoms with Crippen LogP contribution in [-0.2, 0) is 14.8 Å². The SMILES string of the molecule is NC(=O)C1COc2cc(-c3csc(C(=O)O)c3NS(=O)(=O)c3ccccc3)ccc2O1. The van der Waals surface area contributed by atoms with Crippen LogP contribution in [0.1, 0.15) is 9.67 Å². The molecular weight excluding hydrogens is 444 g/mol. The maximum absolute atomic E-state index is 12.8. The molecule has 1 amide bonds. The lowest BCUT2D eigenvalue weighted by Gasteiger charge is -2.24. The molecule has 160 valence electrons. The minimum absolute atomic E-state index is 0.00292. The van der Waals surface area contributed by atoms with Crippen molar-refractivity contribution < 1.29 is 32.6 Å². The molecular formula is C20H16N2O7S2. The summed E-state index contributed by atoms with van der Waals surface area (Å²) in [5.74, 6) is -1.28. The quantitative estimate of drug-likeness (QED) is 0.512. The largest absolute Gasteiger partial charge is 0.485 e. The normalized spacial score (nSPS) is 15.3. The molecule has 0 fully saturated rings. The number of rotatable bonds is 6. The molecule has 0 bridgehead atoms. The number of thiophene rings is 1. The van der Waals surface area contributed by atoms with Crippen molar-refractivity contribution in [2.24, 2.45) is 5.73 Å². The molecule has 2 heterocycles. The van der Waals surface area contributed by atoms with Crippen molar-refractivity contribution in [2.75, 3.05) is 11.3 Å². The summed E-state index contributed by atoms with van der Waals surface area (Å²) in [5, 5.41) is 11.1. The number of anilines is 1. The number of nitrogens with two attached hydrogens (primary N) is 1. The number of amides is 1. The third-order valence-electron chi connectivity index (χ3n) is 4.51. The van der Waals surface area contributed by atoms with Crippen LogP contribution in [0, 0.1) is 0 Å². The Kier molecular flexibility index (Phi) is 5.29. The highest BCUT2D eigenvalue weighted by molar-refractivity contribution is 7.92. The fourth-order valence-corrected chi connectivity index (χ4v) is 5.05. The van der Waals surface area contributed by atoms with Gasteiger partial charge in [0.05, 0.1) is 10.6 Å². The number of carboxylic acid groups (broad SMARTS) is 1. The molecule has 4 N–H and O–H groups in total. The first-order chi connectivity index (χ1) is 14.8. The van der Waals surface area contributed by atoms with E-state index in [0.717, 1.165) is 11.3 Å². The zero-order valence-electron chi connectivity index (χ0n) is 15.8. The number of primary amides is 1. The van der Waals surface area contributed by atoms with Crippen LogP contribution in [0.3, 0.4) is 0 Å². The predicted molar refractivity (Wildman–Crippen MR) is 113 cm³/mol. The summed E-state index contributed by atoms with van der Waals surface area (Å²) in [6.07, 6.45) is -0.911. The number of fused-ring (bicyclic) bond motifs is 1. The third-order valence-corrected chi connectivity index (χ3v) is 6.84. The lowest BCUT2D eigenvalue weighted by molar-refractivity contribution is -0.127. The molecule has 3 aromatic rings. The number of nitrogens with one attached hydrogen (secondary N) is 1. The summed E-state index contributed by atoms with van der Waals surface area (Å²) in [4.78, 5) is 22.9. The molecule has 31 heavy (non-hydrogen) atoms. The van der Waals surface area contributed by atoms with E-state index >= 15 is 0 Å². The van der Waals surface area contributed by atoms with Gasteiger partial charge in [-0.15, -0.1) is 11.3 Å². The summed E-state index contributed by atoms with van der Waals surface area (Å²) < 4.78 is 39.0. The average molecular weight is 460 g/mol. The Balaban J connectivity index is 1.74. The number of carbonyl (C=O) groups excluding carboxylic acids is 1. The van der Waals surface area contributed by atoms with Gasteiger partial charge in [0.2, 0.25) is 6.10 Å². The van der Waals surface area contributed by atoms with Gasteiger partial charge in [-0.2, -0.15) is 0 Å². The Morgan fingerprint density at radius 2 is 1.87 bits per heavy atom. The predicted octanol–water partition coefficient (Wildman–Crippen LogP) is 2.54. The van der Waals surface area contributed by atoms with Gasteiger partial charge in [0.25, 0.3) is 15.9 Å². The smallest absolute Gasteiger partial charge is 0.348 e. The maximum atomic E-state index is 12.8. The molecule has 4 rings (SSSR count). The molecule has 1 aliphatic rings. The van der Waals surface area contributed by atoms with Crippen molar-refractivity contribution in [3.63, 3.8) is 0 Å². The van der Waals surface area contributed by atoms with E-state index in [1.165, 1.54) is 12.1 Å². The van der Waals surface area contributed by atoms with Crippen LogP contribution in [0.4, 0.5) is 5.69 Å². The standard InChI is InChI=1S/C20H16N2O7S2/c21-19(23)16-9-28-15-8-11(6-7-14(15)29-16)13-10-30-18(20(24)25)17(13)22-31(26,27)12-4-2-1-3-5-12/h1-8,10,16,22H,9H2,(H2,21,23)(H,24,25). The molecule has 0 saturated heterocycles. The highest BCUT2D eigenvalue weighted by Gasteiger charge is 2.28. The van der Waals surface area contributed by atoms with Crippen LogP contribution < -0.4 is 19.9 Å². The number of benzene rings is 2. The Hall–Kier alpha value is -3.57. The molecule has 11 heteroatoms. The van der Waals surface area contributed by atoms with Crippen molar-refractivity contribution in [1.82, 2.24) is 0 Å². The van der Waals surface area contributed by atoms with Gasteiger partial charge in [0.1, 0.15) is 11.5 Å². The lowest BCUT2D eigenvalue weighted by atomic mass is 10.1. The van der Waals surface area contributed by atoms with Gasteiger partial charge in [-0.3, -0.25) is 9.52 Å². The highest BCUT2D eigenvalue weighted by atomic mass is 32.2. The van der Waals surface area contributed by atoms with Gasteiger partial charge in [-0.1, -0.05) is 24.3 Å². The first kappa shape index (κ1) is 20.7. The van der Waals surface area contributed by atoms with Gasteiger partial charge >= 0.3 is 5.97 Å².